The van der Waals surface area contributed by atoms with E-state index in [0.717, 1.165) is 30.2 Å². The molecular weight excluding hydrogens is 228 g/mol. The average molecular weight is 256 g/mol. The second-order valence-electron chi connectivity index (χ2n) is 5.66. The first-order chi connectivity index (χ1) is 8.26. The summed E-state index contributed by atoms with van der Waals surface area (Å²) >= 11 is 0. The molecule has 2 aliphatic rings. The van der Waals surface area contributed by atoms with Crippen molar-refractivity contribution in [3.05, 3.63) is 0 Å². The highest BCUT2D eigenvalue weighted by Gasteiger charge is 2.57. The van der Waals surface area contributed by atoms with E-state index in [9.17, 15) is 0 Å². The zero-order valence-electron chi connectivity index (χ0n) is 11.7. The molecule has 0 bridgehead atoms. The number of rotatable bonds is 7. The molecule has 2 saturated carbocycles. The maximum atomic E-state index is 6.29. The summed E-state index contributed by atoms with van der Waals surface area (Å²) in [7, 11) is -1.89. The lowest BCUT2D eigenvalue weighted by Crippen LogP contribution is -2.56. The third-order valence-electron chi connectivity index (χ3n) is 4.80. The smallest absolute Gasteiger partial charge is 0.344 e. The van der Waals surface area contributed by atoms with Crippen LogP contribution in [0.15, 0.2) is 0 Å². The summed E-state index contributed by atoms with van der Waals surface area (Å²) in [4.78, 5) is 0. The van der Waals surface area contributed by atoms with Gasteiger partial charge in [-0.3, -0.25) is 0 Å². The lowest BCUT2D eigenvalue weighted by Gasteiger charge is -2.51. The number of hydrogen-bond acceptors (Lipinski definition) is 2. The first kappa shape index (κ1) is 13.6. The number of hydrogen-bond donors (Lipinski definition) is 0. The fourth-order valence-corrected chi connectivity index (χ4v) is 8.64. The van der Waals surface area contributed by atoms with Gasteiger partial charge >= 0.3 is 8.56 Å². The minimum atomic E-state index is -1.89. The molecule has 0 spiro atoms. The molecule has 2 nitrogen and oxygen atoms in total. The SMILES string of the molecule is CCO[Si](OCC)(C1CCC1)C1CC(CC)C1. The zero-order chi connectivity index (χ0) is 12.3. The van der Waals surface area contributed by atoms with E-state index in [0.29, 0.717) is 0 Å². The van der Waals surface area contributed by atoms with Crippen LogP contribution in [0, 0.1) is 5.92 Å². The van der Waals surface area contributed by atoms with Crippen molar-refractivity contribution in [2.24, 2.45) is 5.92 Å². The van der Waals surface area contributed by atoms with Gasteiger partial charge in [0.25, 0.3) is 0 Å². The molecule has 0 atom stereocenters. The first-order valence-corrected chi connectivity index (χ1v) is 9.51. The second-order valence-corrected chi connectivity index (χ2v) is 9.31. The van der Waals surface area contributed by atoms with Crippen molar-refractivity contribution in [3.8, 4) is 0 Å². The highest BCUT2D eigenvalue weighted by Crippen LogP contribution is 2.56. The van der Waals surface area contributed by atoms with Crippen molar-refractivity contribution in [3.63, 3.8) is 0 Å². The van der Waals surface area contributed by atoms with Gasteiger partial charge in [0.2, 0.25) is 0 Å². The third-order valence-corrected chi connectivity index (χ3v) is 9.60. The van der Waals surface area contributed by atoms with Crippen LogP contribution in [-0.4, -0.2) is 21.8 Å². The highest BCUT2D eigenvalue weighted by atomic mass is 28.4. The molecule has 0 aliphatic heterocycles. The minimum absolute atomic E-state index is 0.789. The van der Waals surface area contributed by atoms with Gasteiger partial charge < -0.3 is 8.85 Å². The van der Waals surface area contributed by atoms with Gasteiger partial charge in [-0.15, -0.1) is 0 Å². The molecule has 2 aliphatic carbocycles. The van der Waals surface area contributed by atoms with E-state index >= 15 is 0 Å². The normalized spacial score (nSPS) is 29.8. The Morgan fingerprint density at radius 1 is 0.941 bits per heavy atom. The van der Waals surface area contributed by atoms with Crippen LogP contribution in [0.3, 0.4) is 0 Å². The fraction of sp³-hybridized carbons (Fsp3) is 1.00. The van der Waals surface area contributed by atoms with Crippen molar-refractivity contribution in [2.45, 2.75) is 70.4 Å². The highest BCUT2D eigenvalue weighted by molar-refractivity contribution is 6.71. The van der Waals surface area contributed by atoms with Crippen LogP contribution in [0.25, 0.3) is 0 Å². The summed E-state index contributed by atoms with van der Waals surface area (Å²) in [6.45, 7) is 8.27. The molecule has 2 fully saturated rings. The molecule has 0 amide bonds. The van der Waals surface area contributed by atoms with Crippen LogP contribution in [0.4, 0.5) is 0 Å². The van der Waals surface area contributed by atoms with Crippen molar-refractivity contribution < 1.29 is 8.85 Å². The van der Waals surface area contributed by atoms with Crippen LogP contribution in [0.5, 0.6) is 0 Å². The van der Waals surface area contributed by atoms with Gasteiger partial charge in [-0.05, 0) is 45.4 Å². The Labute approximate surface area is 107 Å². The van der Waals surface area contributed by atoms with Gasteiger partial charge in [-0.25, -0.2) is 0 Å². The molecule has 0 saturated heterocycles. The molecule has 0 radical (unpaired) electrons. The molecule has 17 heavy (non-hydrogen) atoms. The molecule has 0 aromatic rings. The van der Waals surface area contributed by atoms with Gasteiger partial charge in [0.05, 0.1) is 0 Å². The largest absolute Gasteiger partial charge is 0.394 e. The van der Waals surface area contributed by atoms with E-state index in [-0.39, 0.29) is 0 Å². The molecule has 0 aromatic heterocycles. The van der Waals surface area contributed by atoms with Crippen LogP contribution in [0.1, 0.15) is 59.3 Å². The lowest BCUT2D eigenvalue weighted by atomic mass is 9.83. The van der Waals surface area contributed by atoms with Gasteiger partial charge in [0.1, 0.15) is 0 Å². The lowest BCUT2D eigenvalue weighted by molar-refractivity contribution is 0.118. The standard InChI is InChI=1S/C14H28O2Si/c1-4-12-10-14(11-12)17(15-5-2,16-6-3)13-8-7-9-13/h12-14H,4-11H2,1-3H3. The third kappa shape index (κ3) is 2.47. The monoisotopic (exact) mass is 256 g/mol. The molecule has 3 heteroatoms. The molecule has 0 aromatic carbocycles. The Morgan fingerprint density at radius 2 is 1.53 bits per heavy atom. The van der Waals surface area contributed by atoms with Crippen LogP contribution in [-0.2, 0) is 8.85 Å². The van der Waals surface area contributed by atoms with Crippen molar-refractivity contribution >= 4 is 8.56 Å². The van der Waals surface area contributed by atoms with E-state index in [4.69, 9.17) is 8.85 Å². The minimum Gasteiger partial charge on any atom is -0.394 e. The topological polar surface area (TPSA) is 18.5 Å². The zero-order valence-corrected chi connectivity index (χ0v) is 12.7. The summed E-state index contributed by atoms with van der Waals surface area (Å²) in [5.41, 5.74) is 1.59. The Morgan fingerprint density at radius 3 is 1.88 bits per heavy atom. The van der Waals surface area contributed by atoms with Crippen molar-refractivity contribution in [1.29, 1.82) is 0 Å². The van der Waals surface area contributed by atoms with E-state index in [1.54, 1.807) is 0 Å². The summed E-state index contributed by atoms with van der Waals surface area (Å²) in [5, 5.41) is 0. The quantitative estimate of drug-likeness (QED) is 0.634. The Kier molecular flexibility index (Phi) is 4.67. The summed E-state index contributed by atoms with van der Waals surface area (Å²) in [5.74, 6) is 0.952. The molecule has 0 N–H and O–H groups in total. The Balaban J connectivity index is 2.04. The molecule has 2 rings (SSSR count). The van der Waals surface area contributed by atoms with Gasteiger partial charge in [-0.2, -0.15) is 0 Å². The van der Waals surface area contributed by atoms with Crippen molar-refractivity contribution in [1.82, 2.24) is 0 Å². The van der Waals surface area contributed by atoms with E-state index in [1.807, 2.05) is 0 Å². The van der Waals surface area contributed by atoms with E-state index < -0.39 is 8.56 Å². The molecule has 0 heterocycles. The summed E-state index contributed by atoms with van der Waals surface area (Å²) < 4.78 is 12.6. The molecule has 100 valence electrons. The van der Waals surface area contributed by atoms with Crippen LogP contribution < -0.4 is 0 Å². The average Bonchev–Trinajstić information content (AvgIpc) is 2.13. The van der Waals surface area contributed by atoms with Gasteiger partial charge in [0, 0.05) is 24.3 Å². The van der Waals surface area contributed by atoms with Crippen molar-refractivity contribution in [2.75, 3.05) is 13.2 Å². The van der Waals surface area contributed by atoms with E-state index in [2.05, 4.69) is 20.8 Å². The predicted octanol–water partition coefficient (Wildman–Crippen LogP) is 4.25. The maximum Gasteiger partial charge on any atom is 0.344 e. The summed E-state index contributed by atoms with van der Waals surface area (Å²) in [6.07, 6.45) is 8.20. The van der Waals surface area contributed by atoms with Crippen LogP contribution >= 0.6 is 0 Å². The van der Waals surface area contributed by atoms with Gasteiger partial charge in [0.15, 0.2) is 0 Å². The fourth-order valence-electron chi connectivity index (χ4n) is 3.51. The molecule has 0 unspecified atom stereocenters. The predicted molar refractivity (Wildman–Crippen MR) is 73.4 cm³/mol. The van der Waals surface area contributed by atoms with E-state index in [1.165, 1.54) is 38.5 Å². The maximum absolute atomic E-state index is 6.29. The molecular formula is C14H28O2Si. The van der Waals surface area contributed by atoms with Crippen LogP contribution in [0.2, 0.25) is 11.1 Å². The van der Waals surface area contributed by atoms with Gasteiger partial charge in [-0.1, -0.05) is 19.8 Å². The summed E-state index contributed by atoms with van der Waals surface area (Å²) in [6, 6.07) is 0. The first-order valence-electron chi connectivity index (χ1n) is 7.54. The second kappa shape index (κ2) is 5.85. The Hall–Kier alpha value is 0.137. The Bertz CT molecular complexity index is 228.